The van der Waals surface area contributed by atoms with Gasteiger partial charge >= 0.3 is 0 Å². The van der Waals surface area contributed by atoms with Crippen LogP contribution in [0.2, 0.25) is 0 Å². The van der Waals surface area contributed by atoms with Gasteiger partial charge in [0.05, 0.1) is 38.6 Å². The fraction of sp³-hybridized carbons (Fsp3) is 0.783. The second kappa shape index (κ2) is 43.0. The summed E-state index contributed by atoms with van der Waals surface area (Å²) >= 11 is 0. The molecule has 19 nitrogen and oxygen atoms in total. The van der Waals surface area contributed by atoms with Crippen LogP contribution in [0, 0.1) is 0 Å². The average molecular weight is 1130 g/mol. The normalized spacial score (nSPS) is 30.8. The van der Waals surface area contributed by atoms with E-state index in [1.807, 2.05) is 13.0 Å². The molecule has 0 aliphatic carbocycles. The zero-order valence-corrected chi connectivity index (χ0v) is 47.3. The smallest absolute Gasteiger partial charge is 0.220 e. The van der Waals surface area contributed by atoms with E-state index in [0.29, 0.717) is 12.8 Å². The molecule has 17 atom stereocenters. The molecule has 12 N–H and O–H groups in total. The van der Waals surface area contributed by atoms with Crippen molar-refractivity contribution >= 4 is 5.91 Å². The van der Waals surface area contributed by atoms with Crippen molar-refractivity contribution in [1.29, 1.82) is 0 Å². The van der Waals surface area contributed by atoms with Gasteiger partial charge in [-0.25, -0.2) is 0 Å². The zero-order valence-electron chi connectivity index (χ0n) is 47.3. The number of amides is 1. The minimum Gasteiger partial charge on any atom is -0.394 e. The number of allylic oxidation sites excluding steroid dienone is 11. The molecule has 79 heavy (non-hydrogen) atoms. The van der Waals surface area contributed by atoms with Crippen LogP contribution in [-0.2, 0) is 33.2 Å². The van der Waals surface area contributed by atoms with Crippen molar-refractivity contribution in [3.8, 4) is 0 Å². The molecule has 3 saturated heterocycles. The number of rotatable bonds is 42. The zero-order chi connectivity index (χ0) is 57.6. The van der Waals surface area contributed by atoms with Crippen molar-refractivity contribution in [1.82, 2.24) is 5.32 Å². The quantitative estimate of drug-likeness (QED) is 0.0282. The largest absolute Gasteiger partial charge is 0.394 e. The van der Waals surface area contributed by atoms with Gasteiger partial charge in [0.2, 0.25) is 5.91 Å². The van der Waals surface area contributed by atoms with Gasteiger partial charge in [-0.2, -0.15) is 0 Å². The molecule has 3 aliphatic rings. The van der Waals surface area contributed by atoms with Crippen LogP contribution in [-0.4, -0.2) is 193 Å². The molecular formula is C60H103NO18. The Morgan fingerprint density at radius 3 is 1.42 bits per heavy atom. The number of ether oxygens (including phenoxy) is 6. The second-order valence-electron chi connectivity index (χ2n) is 21.1. The van der Waals surface area contributed by atoms with Crippen LogP contribution in [0.5, 0.6) is 0 Å². The number of carbonyl (C=O) groups excluding carboxylic acids is 1. The van der Waals surface area contributed by atoms with E-state index >= 15 is 0 Å². The number of hydrogen-bond acceptors (Lipinski definition) is 18. The first kappa shape index (κ1) is 70.5. The standard InChI is InChI=1S/C60H103NO18/c1-3-5-7-9-11-13-14-15-16-17-18-19-20-21-22-23-24-25-26-27-28-30-32-34-36-38-48(66)61-43(44(65)37-35-33-31-29-12-10-8-6-4-2)42-74-58-54(72)51(69)56(46(40-63)76-58)79-60-55(73)52(70)57(47(41-64)77-60)78-59-53(71)50(68)49(67)45(39-62)75-59/h4,6,12,14-15,17-18,20-21,29,35,37,43-47,49-60,62-65,67-73H,3,5,7-11,13,16,19,22-28,30-34,36,38-42H2,1-2H3,(H,61,66)/b6-4+,15-14-,18-17-,21-20-,29-12+,37-35+. The summed E-state index contributed by atoms with van der Waals surface area (Å²) in [6, 6.07) is -0.999. The summed E-state index contributed by atoms with van der Waals surface area (Å²) in [5, 5.41) is 120. The Balaban J connectivity index is 1.44. The maximum Gasteiger partial charge on any atom is 0.220 e. The number of nitrogens with one attached hydrogen (secondary N) is 1. The molecule has 17 unspecified atom stereocenters. The summed E-state index contributed by atoms with van der Waals surface area (Å²) in [5.41, 5.74) is 0. The summed E-state index contributed by atoms with van der Waals surface area (Å²) < 4.78 is 34.1. The Bertz CT molecular complexity index is 1730. The number of carbonyl (C=O) groups is 1. The lowest BCUT2D eigenvalue weighted by atomic mass is 9.96. The molecule has 0 bridgehead atoms. The Hall–Kier alpha value is -2.77. The lowest BCUT2D eigenvalue weighted by Crippen LogP contribution is -2.66. The third-order valence-electron chi connectivity index (χ3n) is 14.5. The third-order valence-corrected chi connectivity index (χ3v) is 14.5. The second-order valence-corrected chi connectivity index (χ2v) is 21.1. The molecule has 456 valence electrons. The fourth-order valence-electron chi connectivity index (χ4n) is 9.65. The molecule has 0 radical (unpaired) electrons. The maximum absolute atomic E-state index is 13.3. The van der Waals surface area contributed by atoms with Crippen LogP contribution in [0.1, 0.15) is 168 Å². The van der Waals surface area contributed by atoms with E-state index in [-0.39, 0.29) is 18.9 Å². The first-order chi connectivity index (χ1) is 38.3. The van der Waals surface area contributed by atoms with Gasteiger partial charge in [-0.15, -0.1) is 0 Å². The van der Waals surface area contributed by atoms with Gasteiger partial charge in [0, 0.05) is 6.42 Å². The molecular weight excluding hydrogens is 1020 g/mol. The van der Waals surface area contributed by atoms with E-state index < -0.39 is 124 Å². The molecule has 3 fully saturated rings. The van der Waals surface area contributed by atoms with E-state index in [4.69, 9.17) is 28.4 Å². The molecule has 0 aromatic carbocycles. The Kier molecular flexibility index (Phi) is 38.3. The van der Waals surface area contributed by atoms with Crippen molar-refractivity contribution in [2.45, 2.75) is 272 Å². The van der Waals surface area contributed by atoms with E-state index in [1.165, 1.54) is 70.6 Å². The molecule has 0 saturated carbocycles. The van der Waals surface area contributed by atoms with Crippen molar-refractivity contribution in [2.75, 3.05) is 26.4 Å². The monoisotopic (exact) mass is 1130 g/mol. The van der Waals surface area contributed by atoms with Crippen LogP contribution in [0.25, 0.3) is 0 Å². The van der Waals surface area contributed by atoms with Gasteiger partial charge in [-0.05, 0) is 77.6 Å². The minimum atomic E-state index is -1.98. The number of hydrogen-bond donors (Lipinski definition) is 12. The predicted molar refractivity (Wildman–Crippen MR) is 300 cm³/mol. The van der Waals surface area contributed by atoms with Crippen molar-refractivity contribution in [3.05, 3.63) is 72.9 Å². The Morgan fingerprint density at radius 2 is 0.899 bits per heavy atom. The number of aliphatic hydroxyl groups is 11. The van der Waals surface area contributed by atoms with Crippen LogP contribution in [0.3, 0.4) is 0 Å². The van der Waals surface area contributed by atoms with E-state index in [1.54, 1.807) is 12.2 Å². The first-order valence-electron chi connectivity index (χ1n) is 29.7. The lowest BCUT2D eigenvalue weighted by molar-refractivity contribution is -0.379. The minimum absolute atomic E-state index is 0.223. The molecule has 3 rings (SSSR count). The maximum atomic E-state index is 13.3. The SMILES string of the molecule is C/C=C/CC/C=C/CC/C=C/C(O)C(COC1OC(CO)C(OC2OC(CO)C(OC3OC(CO)C(O)C(O)C3O)C(O)C2O)C(O)C1O)NC(=O)CCCCCCCCCCCC/C=C\C/C=C\C/C=C\CCCCCCC. The van der Waals surface area contributed by atoms with Crippen molar-refractivity contribution in [3.63, 3.8) is 0 Å². The van der Waals surface area contributed by atoms with Crippen LogP contribution < -0.4 is 5.32 Å². The summed E-state index contributed by atoms with van der Waals surface area (Å²) in [5.74, 6) is -0.301. The predicted octanol–water partition coefficient (Wildman–Crippen LogP) is 5.04. The Labute approximate surface area is 470 Å². The van der Waals surface area contributed by atoms with Crippen LogP contribution in [0.4, 0.5) is 0 Å². The van der Waals surface area contributed by atoms with Gasteiger partial charge in [0.25, 0.3) is 0 Å². The average Bonchev–Trinajstić information content (AvgIpc) is 3.44. The van der Waals surface area contributed by atoms with Gasteiger partial charge < -0.3 is 89.9 Å². The Morgan fingerprint density at radius 1 is 0.481 bits per heavy atom. The number of unbranched alkanes of at least 4 members (excludes halogenated alkanes) is 17. The van der Waals surface area contributed by atoms with Crippen LogP contribution in [0.15, 0.2) is 72.9 Å². The van der Waals surface area contributed by atoms with Crippen molar-refractivity contribution < 1.29 is 89.4 Å². The highest BCUT2D eigenvalue weighted by atomic mass is 16.8. The molecule has 0 spiro atoms. The van der Waals surface area contributed by atoms with Gasteiger partial charge in [-0.3, -0.25) is 4.79 Å². The van der Waals surface area contributed by atoms with Crippen molar-refractivity contribution in [2.24, 2.45) is 0 Å². The molecule has 0 aromatic rings. The summed E-state index contributed by atoms with van der Waals surface area (Å²) in [6.45, 7) is 1.41. The molecule has 0 aromatic heterocycles. The molecule has 1 amide bonds. The summed E-state index contributed by atoms with van der Waals surface area (Å²) in [7, 11) is 0. The molecule has 3 heterocycles. The molecule has 19 heteroatoms. The fourth-order valence-corrected chi connectivity index (χ4v) is 9.65. The summed E-state index contributed by atoms with van der Waals surface area (Å²) in [6.07, 6.45) is 23.6. The van der Waals surface area contributed by atoms with E-state index in [0.717, 1.165) is 64.2 Å². The summed E-state index contributed by atoms with van der Waals surface area (Å²) in [4.78, 5) is 13.3. The lowest BCUT2D eigenvalue weighted by Gasteiger charge is -2.48. The van der Waals surface area contributed by atoms with Gasteiger partial charge in [0.15, 0.2) is 18.9 Å². The highest BCUT2D eigenvalue weighted by molar-refractivity contribution is 5.76. The topological polar surface area (TPSA) is 307 Å². The van der Waals surface area contributed by atoms with E-state index in [9.17, 15) is 61.0 Å². The highest BCUT2D eigenvalue weighted by Gasteiger charge is 2.53. The van der Waals surface area contributed by atoms with Gasteiger partial charge in [-0.1, -0.05) is 157 Å². The first-order valence-corrected chi connectivity index (χ1v) is 29.7. The number of aliphatic hydroxyl groups excluding tert-OH is 11. The highest BCUT2D eigenvalue weighted by Crippen LogP contribution is 2.33. The van der Waals surface area contributed by atoms with E-state index in [2.05, 4.69) is 66.9 Å². The third kappa shape index (κ3) is 27.0. The molecule has 3 aliphatic heterocycles. The van der Waals surface area contributed by atoms with Gasteiger partial charge in [0.1, 0.15) is 73.2 Å². The van der Waals surface area contributed by atoms with Crippen LogP contribution >= 0.6 is 0 Å².